The third-order valence-electron chi connectivity index (χ3n) is 10.6. The number of cyclic esters (lactones) is 1. The van der Waals surface area contributed by atoms with Gasteiger partial charge in [0.05, 0.1) is 11.8 Å². The van der Waals surface area contributed by atoms with Crippen molar-refractivity contribution in [1.82, 2.24) is 30.7 Å². The molecule has 3 heterocycles. The van der Waals surface area contributed by atoms with Crippen LogP contribution in [0.4, 0.5) is 23.7 Å². The molecule has 2 aromatic rings. The Morgan fingerprint density at radius 3 is 2.29 bits per heavy atom. The number of anilines is 1. The lowest BCUT2D eigenvalue weighted by molar-refractivity contribution is -0.163. The molecule has 2 aromatic carbocycles. The van der Waals surface area contributed by atoms with Gasteiger partial charge in [-0.25, -0.2) is 22.8 Å². The van der Waals surface area contributed by atoms with Crippen molar-refractivity contribution in [2.24, 2.45) is 5.92 Å². The molecule has 0 aliphatic carbocycles. The summed E-state index contributed by atoms with van der Waals surface area (Å²) in [5.41, 5.74) is -0.423. The Balaban J connectivity index is 1.52. The lowest BCUT2D eigenvalue weighted by Gasteiger charge is -2.37. The van der Waals surface area contributed by atoms with Gasteiger partial charge in [-0.2, -0.15) is 0 Å². The molecule has 0 aromatic heterocycles. The van der Waals surface area contributed by atoms with Gasteiger partial charge >= 0.3 is 12.0 Å². The SMILES string of the molecule is C[C@@H]1C[C@H]2C(=O)O[C@@H](C)[C@H](NC(=O)[C@H](Cc3cc(F)cc(F)c3)NC(=O)Nc3ccc(Cl)cc3F)C(=O)N3CCC[C@H]3C(=O)N(C)C([C@@H](C)O)C(=O)N[C@@H](C)C(=O)N2C1. The topological polar surface area (TPSA) is 207 Å². The first kappa shape index (κ1) is 44.7. The van der Waals surface area contributed by atoms with E-state index in [4.69, 9.17) is 16.3 Å². The first-order valence-electron chi connectivity index (χ1n) is 19.1. The maximum Gasteiger partial charge on any atom is 0.329 e. The Kier molecular flexibility index (Phi) is 14.1. The molecule has 16 nitrogen and oxygen atoms in total. The molecule has 0 radical (unpaired) electrons. The van der Waals surface area contributed by atoms with E-state index in [1.807, 2.05) is 0 Å². The fourth-order valence-electron chi connectivity index (χ4n) is 7.72. The summed E-state index contributed by atoms with van der Waals surface area (Å²) in [6.45, 7) is 5.88. The number of likely N-dealkylation sites (N-methyl/N-ethyl adjacent to an activating group) is 1. The number of hydrogen-bond acceptors (Lipinski definition) is 9. The molecule has 7 amide bonds. The van der Waals surface area contributed by atoms with E-state index in [2.05, 4.69) is 21.3 Å². The number of ether oxygens (including phenoxy) is 1. The highest BCUT2D eigenvalue weighted by Crippen LogP contribution is 2.28. The van der Waals surface area contributed by atoms with Gasteiger partial charge in [0, 0.05) is 37.6 Å². The molecule has 0 bridgehead atoms. The minimum Gasteiger partial charge on any atom is -0.458 e. The molecular weight excluding hydrogens is 803 g/mol. The maximum atomic E-state index is 14.6. The molecule has 5 rings (SSSR count). The third-order valence-corrected chi connectivity index (χ3v) is 10.8. The number of urea groups is 1. The number of esters is 1. The summed E-state index contributed by atoms with van der Waals surface area (Å²) in [6, 6.07) is -3.88. The van der Waals surface area contributed by atoms with Crippen LogP contribution in [0.1, 0.15) is 52.5 Å². The Morgan fingerprint density at radius 1 is 0.966 bits per heavy atom. The first-order valence-corrected chi connectivity index (χ1v) is 19.5. The molecule has 5 N–H and O–H groups in total. The van der Waals surface area contributed by atoms with Gasteiger partial charge in [0.1, 0.15) is 59.8 Å². The number of amides is 7. The normalized spacial score (nSPS) is 26.7. The number of fused-ring (bicyclic) bond motifs is 2. The van der Waals surface area contributed by atoms with Gasteiger partial charge in [-0.15, -0.1) is 0 Å². The second-order valence-electron chi connectivity index (χ2n) is 15.3. The van der Waals surface area contributed by atoms with Crippen molar-refractivity contribution in [3.8, 4) is 0 Å². The summed E-state index contributed by atoms with van der Waals surface area (Å²) in [7, 11) is 1.27. The van der Waals surface area contributed by atoms with Gasteiger partial charge in [-0.1, -0.05) is 18.5 Å². The Morgan fingerprint density at radius 2 is 1.64 bits per heavy atom. The van der Waals surface area contributed by atoms with E-state index in [0.29, 0.717) is 12.5 Å². The summed E-state index contributed by atoms with van der Waals surface area (Å²) in [5.74, 6) is -8.29. The molecule has 3 fully saturated rings. The van der Waals surface area contributed by atoms with Crippen molar-refractivity contribution >= 4 is 58.8 Å². The number of carbonyl (C=O) groups is 7. The molecule has 20 heteroatoms. The Labute approximate surface area is 343 Å². The number of nitrogens with one attached hydrogen (secondary N) is 4. The fraction of sp³-hybridized carbons (Fsp3) is 0.513. The number of benzene rings is 2. The van der Waals surface area contributed by atoms with Crippen LogP contribution in [0.25, 0.3) is 0 Å². The van der Waals surface area contributed by atoms with E-state index in [9.17, 15) is 51.8 Å². The molecular formula is C39H47ClF3N7O9. The number of carbonyl (C=O) groups excluding carboxylic acids is 7. The van der Waals surface area contributed by atoms with Crippen LogP contribution < -0.4 is 21.3 Å². The number of halogens is 4. The van der Waals surface area contributed by atoms with Crippen LogP contribution in [0.5, 0.6) is 0 Å². The van der Waals surface area contributed by atoms with Crippen LogP contribution in [-0.4, -0.2) is 130 Å². The third kappa shape index (κ3) is 10.4. The van der Waals surface area contributed by atoms with Crippen LogP contribution in [0.15, 0.2) is 36.4 Å². The predicted molar refractivity (Wildman–Crippen MR) is 205 cm³/mol. The number of nitrogens with zero attached hydrogens (tertiary/aromatic N) is 3. The molecule has 3 saturated heterocycles. The smallest absolute Gasteiger partial charge is 0.329 e. The summed E-state index contributed by atoms with van der Waals surface area (Å²) in [5, 5.41) is 20.3. The van der Waals surface area contributed by atoms with E-state index < -0.39 is 114 Å². The van der Waals surface area contributed by atoms with Gasteiger partial charge in [-0.05, 0) is 81.8 Å². The monoisotopic (exact) mass is 849 g/mol. The Bertz CT molecular complexity index is 1970. The van der Waals surface area contributed by atoms with Gasteiger partial charge in [0.2, 0.25) is 29.5 Å². The number of aliphatic hydroxyl groups is 1. The minimum atomic E-state index is -1.76. The number of aliphatic hydroxyl groups excluding tert-OH is 1. The first-order chi connectivity index (χ1) is 27.7. The molecule has 9 atom stereocenters. The molecule has 3 aliphatic heterocycles. The summed E-state index contributed by atoms with van der Waals surface area (Å²) >= 11 is 5.82. The van der Waals surface area contributed by atoms with E-state index in [-0.39, 0.29) is 48.1 Å². The van der Waals surface area contributed by atoms with E-state index >= 15 is 0 Å². The molecule has 3 aliphatic rings. The van der Waals surface area contributed by atoms with Gasteiger partial charge in [-0.3, -0.25) is 24.0 Å². The number of hydrogen-bond donors (Lipinski definition) is 5. The van der Waals surface area contributed by atoms with Crippen molar-refractivity contribution in [3.05, 3.63) is 64.4 Å². The summed E-state index contributed by atoms with van der Waals surface area (Å²) in [4.78, 5) is 101. The van der Waals surface area contributed by atoms with Crippen molar-refractivity contribution in [2.75, 3.05) is 25.5 Å². The van der Waals surface area contributed by atoms with Crippen LogP contribution >= 0.6 is 11.6 Å². The van der Waals surface area contributed by atoms with E-state index in [0.717, 1.165) is 34.1 Å². The van der Waals surface area contributed by atoms with Crippen molar-refractivity contribution < 1.29 is 56.6 Å². The zero-order valence-electron chi connectivity index (χ0n) is 33.0. The van der Waals surface area contributed by atoms with Crippen molar-refractivity contribution in [3.63, 3.8) is 0 Å². The number of rotatable bonds is 7. The molecule has 0 spiro atoms. The largest absolute Gasteiger partial charge is 0.458 e. The van der Waals surface area contributed by atoms with Gasteiger partial charge in [0.15, 0.2) is 0 Å². The molecule has 0 saturated carbocycles. The molecule has 59 heavy (non-hydrogen) atoms. The summed E-state index contributed by atoms with van der Waals surface area (Å²) < 4.78 is 49.0. The Hall–Kier alpha value is -5.43. The molecule has 320 valence electrons. The zero-order valence-corrected chi connectivity index (χ0v) is 33.7. The van der Waals surface area contributed by atoms with Crippen molar-refractivity contribution in [1.29, 1.82) is 0 Å². The van der Waals surface area contributed by atoms with Crippen molar-refractivity contribution in [2.45, 2.75) is 102 Å². The fourth-order valence-corrected chi connectivity index (χ4v) is 7.88. The minimum absolute atomic E-state index is 0.0135. The average molecular weight is 850 g/mol. The predicted octanol–water partition coefficient (Wildman–Crippen LogP) is 1.86. The van der Waals surface area contributed by atoms with Crippen LogP contribution in [0.3, 0.4) is 0 Å². The highest BCUT2D eigenvalue weighted by atomic mass is 35.5. The van der Waals surface area contributed by atoms with Gasteiger partial charge < -0.3 is 45.8 Å². The van der Waals surface area contributed by atoms with Crippen LogP contribution in [-0.2, 0) is 39.9 Å². The van der Waals surface area contributed by atoms with E-state index in [1.54, 1.807) is 6.92 Å². The maximum absolute atomic E-state index is 14.6. The second kappa shape index (κ2) is 18.7. The average Bonchev–Trinajstić information content (AvgIpc) is 3.80. The lowest BCUT2D eigenvalue weighted by atomic mass is 10.0. The molecule has 1 unspecified atom stereocenters. The van der Waals surface area contributed by atoms with Crippen LogP contribution in [0, 0.1) is 23.4 Å². The lowest BCUT2D eigenvalue weighted by Crippen LogP contribution is -2.63. The van der Waals surface area contributed by atoms with Crippen LogP contribution in [0.2, 0.25) is 5.02 Å². The summed E-state index contributed by atoms with van der Waals surface area (Å²) in [6.07, 6.45) is -2.90. The standard InChI is InChI=1S/C39H47ClF3N7O9/c1-18-11-30-38(57)59-21(4)31(37(56)49-10-6-7-29(49)36(55)48(5)32(20(3)51)34(53)44-19(2)35(54)50(30)17-18)47-33(52)28(14-22-12-24(41)16-25(42)13-22)46-39(58)45-27-9-8-23(40)15-26(27)43/h8-9,12-13,15-16,18-21,28-32,51H,6-7,10-11,14,17H2,1-5H3,(H,44,53)(H,47,52)(H2,45,46,58)/t18-,19+,20-,21+,28+,29+,30+,31+,32?/m1/s1. The highest BCUT2D eigenvalue weighted by molar-refractivity contribution is 6.30. The van der Waals surface area contributed by atoms with E-state index in [1.165, 1.54) is 38.8 Å². The van der Waals surface area contributed by atoms with Gasteiger partial charge in [0.25, 0.3) is 0 Å². The highest BCUT2D eigenvalue weighted by Gasteiger charge is 2.47. The quantitative estimate of drug-likeness (QED) is 0.258. The second-order valence-corrected chi connectivity index (χ2v) is 15.7. The zero-order chi connectivity index (χ0) is 43.5.